The van der Waals surface area contributed by atoms with Crippen molar-refractivity contribution in [2.24, 2.45) is 0 Å². The number of thiazole rings is 1. The van der Waals surface area contributed by atoms with Crippen LogP contribution in [0.4, 0.5) is 5.13 Å². The van der Waals surface area contributed by atoms with Gasteiger partial charge in [0.25, 0.3) is 0 Å². The number of nitrogens with two attached hydrogens (primary N) is 1. The molecule has 0 bridgehead atoms. The molecule has 0 aliphatic heterocycles. The van der Waals surface area contributed by atoms with E-state index in [1.165, 1.54) is 23.4 Å². The number of aromatic nitrogens is 1. The molecule has 0 spiro atoms. The van der Waals surface area contributed by atoms with E-state index in [0.717, 1.165) is 6.54 Å². The lowest BCUT2D eigenvalue weighted by Gasteiger charge is -2.06. The number of hydrogen-bond acceptors (Lipinski definition) is 4. The lowest BCUT2D eigenvalue weighted by molar-refractivity contribution is 0.590. The summed E-state index contributed by atoms with van der Waals surface area (Å²) >= 11 is 1.63. The van der Waals surface area contributed by atoms with Crippen molar-refractivity contribution >= 4 is 16.5 Å². The summed E-state index contributed by atoms with van der Waals surface area (Å²) < 4.78 is 0. The Bertz CT molecular complexity index is 315. The van der Waals surface area contributed by atoms with Gasteiger partial charge in [0.1, 0.15) is 0 Å². The van der Waals surface area contributed by atoms with Gasteiger partial charge < -0.3 is 11.1 Å². The van der Waals surface area contributed by atoms with Gasteiger partial charge in [0.2, 0.25) is 0 Å². The van der Waals surface area contributed by atoms with Crippen LogP contribution >= 0.6 is 11.3 Å². The van der Waals surface area contributed by atoms with Crippen molar-refractivity contribution in [3.63, 3.8) is 0 Å². The van der Waals surface area contributed by atoms with Crippen LogP contribution in [-0.2, 0) is 6.54 Å². The van der Waals surface area contributed by atoms with Crippen LogP contribution in [0.5, 0.6) is 0 Å². The zero-order chi connectivity index (χ0) is 10.1. The first-order valence-corrected chi connectivity index (χ1v) is 5.97. The van der Waals surface area contributed by atoms with Gasteiger partial charge in [-0.25, -0.2) is 4.98 Å². The lowest BCUT2D eigenvalue weighted by Crippen LogP contribution is -2.21. The Morgan fingerprint density at radius 3 is 2.86 bits per heavy atom. The van der Waals surface area contributed by atoms with Crippen molar-refractivity contribution in [3.8, 4) is 0 Å². The van der Waals surface area contributed by atoms with Crippen LogP contribution < -0.4 is 11.1 Å². The Kier molecular flexibility index (Phi) is 2.74. The summed E-state index contributed by atoms with van der Waals surface area (Å²) in [5.41, 5.74) is 6.98. The second-order valence-electron chi connectivity index (χ2n) is 4.17. The predicted octanol–water partition coefficient (Wildman–Crippen LogP) is 2.10. The molecule has 4 heteroatoms. The van der Waals surface area contributed by atoms with Gasteiger partial charge in [-0.1, -0.05) is 13.8 Å². The number of nitrogen functional groups attached to an aromatic ring is 1. The zero-order valence-corrected chi connectivity index (χ0v) is 9.53. The van der Waals surface area contributed by atoms with Crippen molar-refractivity contribution < 1.29 is 0 Å². The third-order valence-corrected chi connectivity index (χ3v) is 3.28. The van der Waals surface area contributed by atoms with Gasteiger partial charge in [0.15, 0.2) is 5.13 Å². The smallest absolute Gasteiger partial charge is 0.180 e. The number of anilines is 1. The monoisotopic (exact) mass is 211 g/mol. The quantitative estimate of drug-likeness (QED) is 0.802. The minimum Gasteiger partial charge on any atom is -0.375 e. The molecule has 0 atom stereocenters. The van der Waals surface area contributed by atoms with E-state index in [-0.39, 0.29) is 0 Å². The molecule has 1 saturated carbocycles. The molecule has 14 heavy (non-hydrogen) atoms. The molecule has 0 aromatic carbocycles. The van der Waals surface area contributed by atoms with Crippen LogP contribution in [0.3, 0.4) is 0 Å². The van der Waals surface area contributed by atoms with E-state index >= 15 is 0 Å². The van der Waals surface area contributed by atoms with Crippen molar-refractivity contribution in [1.82, 2.24) is 10.3 Å². The van der Waals surface area contributed by atoms with Crippen molar-refractivity contribution in [2.45, 2.75) is 45.2 Å². The number of rotatable bonds is 4. The summed E-state index contributed by atoms with van der Waals surface area (Å²) in [7, 11) is 0. The van der Waals surface area contributed by atoms with Crippen LogP contribution in [0.1, 0.15) is 43.2 Å². The van der Waals surface area contributed by atoms with Crippen LogP contribution in [0.25, 0.3) is 0 Å². The molecule has 1 fully saturated rings. The Hall–Kier alpha value is -0.610. The van der Waals surface area contributed by atoms with Crippen molar-refractivity contribution in [2.75, 3.05) is 5.73 Å². The molecule has 0 radical (unpaired) electrons. The molecule has 1 aromatic rings. The van der Waals surface area contributed by atoms with Gasteiger partial charge in [-0.15, -0.1) is 11.3 Å². The highest BCUT2D eigenvalue weighted by atomic mass is 32.1. The Morgan fingerprint density at radius 1 is 1.57 bits per heavy atom. The average molecular weight is 211 g/mol. The van der Waals surface area contributed by atoms with E-state index < -0.39 is 0 Å². The molecule has 3 N–H and O–H groups in total. The number of nitrogens with zero attached hydrogens (tertiary/aromatic N) is 1. The summed E-state index contributed by atoms with van der Waals surface area (Å²) in [5, 5.41) is 4.13. The third-order valence-electron chi connectivity index (χ3n) is 2.38. The molecule has 0 amide bonds. The molecule has 78 valence electrons. The number of hydrogen-bond donors (Lipinski definition) is 2. The van der Waals surface area contributed by atoms with E-state index in [4.69, 9.17) is 5.73 Å². The minimum atomic E-state index is 0.519. The first-order chi connectivity index (χ1) is 6.66. The van der Waals surface area contributed by atoms with E-state index in [1.54, 1.807) is 11.3 Å². The second-order valence-corrected chi connectivity index (χ2v) is 5.29. The fourth-order valence-corrected chi connectivity index (χ4v) is 2.35. The van der Waals surface area contributed by atoms with E-state index in [0.29, 0.717) is 17.1 Å². The summed E-state index contributed by atoms with van der Waals surface area (Å²) in [6.07, 6.45) is 2.58. The van der Waals surface area contributed by atoms with Gasteiger partial charge >= 0.3 is 0 Å². The minimum absolute atomic E-state index is 0.519. The predicted molar refractivity (Wildman–Crippen MR) is 60.5 cm³/mol. The molecule has 2 rings (SSSR count). The molecule has 1 heterocycles. The highest BCUT2D eigenvalue weighted by Gasteiger charge is 2.29. The summed E-state index contributed by atoms with van der Waals surface area (Å²) in [6.45, 7) is 5.22. The molecule has 3 nitrogen and oxygen atoms in total. The van der Waals surface area contributed by atoms with Gasteiger partial charge in [-0.3, -0.25) is 0 Å². The zero-order valence-electron chi connectivity index (χ0n) is 8.71. The van der Waals surface area contributed by atoms with Gasteiger partial charge in [-0.05, 0) is 12.8 Å². The van der Waals surface area contributed by atoms with Crippen LogP contribution in [0.2, 0.25) is 0 Å². The maximum absolute atomic E-state index is 5.73. The lowest BCUT2D eigenvalue weighted by atomic mass is 10.2. The molecule has 1 aliphatic rings. The maximum Gasteiger partial charge on any atom is 0.180 e. The van der Waals surface area contributed by atoms with Gasteiger partial charge in [0, 0.05) is 23.4 Å². The molecule has 1 aliphatic carbocycles. The SMILES string of the molecule is CC(C)NCc1sc(N)nc1C1CC1. The fourth-order valence-electron chi connectivity index (χ4n) is 1.48. The molecular formula is C10H17N3S. The van der Waals surface area contributed by atoms with Gasteiger partial charge in [0.05, 0.1) is 5.69 Å². The first-order valence-electron chi connectivity index (χ1n) is 5.15. The topological polar surface area (TPSA) is 50.9 Å². The average Bonchev–Trinajstić information content (AvgIpc) is 2.87. The Morgan fingerprint density at radius 2 is 2.29 bits per heavy atom. The largest absolute Gasteiger partial charge is 0.375 e. The normalized spacial score (nSPS) is 16.5. The van der Waals surface area contributed by atoms with Crippen molar-refractivity contribution in [1.29, 1.82) is 0 Å². The maximum atomic E-state index is 5.73. The van der Waals surface area contributed by atoms with Gasteiger partial charge in [-0.2, -0.15) is 0 Å². The third kappa shape index (κ3) is 2.25. The highest BCUT2D eigenvalue weighted by molar-refractivity contribution is 7.15. The number of nitrogens with one attached hydrogen (secondary N) is 1. The molecular weight excluding hydrogens is 194 g/mol. The van der Waals surface area contributed by atoms with Crippen LogP contribution in [0, 0.1) is 0 Å². The molecule has 1 aromatic heterocycles. The van der Waals surface area contributed by atoms with E-state index in [1.807, 2.05) is 0 Å². The van der Waals surface area contributed by atoms with Crippen molar-refractivity contribution in [3.05, 3.63) is 10.6 Å². The summed E-state index contributed by atoms with van der Waals surface area (Å²) in [5.74, 6) is 0.701. The fraction of sp³-hybridized carbons (Fsp3) is 0.700. The summed E-state index contributed by atoms with van der Waals surface area (Å²) in [4.78, 5) is 5.74. The van der Waals surface area contributed by atoms with Crippen LogP contribution in [-0.4, -0.2) is 11.0 Å². The molecule has 0 unspecified atom stereocenters. The Balaban J connectivity index is 2.06. The Labute approximate surface area is 88.7 Å². The van der Waals surface area contributed by atoms with E-state index in [2.05, 4.69) is 24.1 Å². The second kappa shape index (κ2) is 3.87. The first kappa shape index (κ1) is 9.93. The highest BCUT2D eigenvalue weighted by Crippen LogP contribution is 2.43. The summed E-state index contributed by atoms with van der Waals surface area (Å²) in [6, 6.07) is 0.519. The van der Waals surface area contributed by atoms with Crippen LogP contribution in [0.15, 0.2) is 0 Å². The standard InChI is InChI=1S/C10H17N3S/c1-6(2)12-5-8-9(7-3-4-7)13-10(11)14-8/h6-7,12H,3-5H2,1-2H3,(H2,11,13). The van der Waals surface area contributed by atoms with E-state index in [9.17, 15) is 0 Å². The molecule has 0 saturated heterocycles.